The molecular formula is C23H21N5. The topological polar surface area (TPSA) is 70.2 Å². The van der Waals surface area contributed by atoms with Gasteiger partial charge in [-0.3, -0.25) is 0 Å². The first-order chi connectivity index (χ1) is 13.7. The van der Waals surface area contributed by atoms with Gasteiger partial charge in [-0.1, -0.05) is 56.3 Å². The molecule has 5 aromatic rings. The standard InChI is InChI=1S/C23H21N5/c1-14(2)16-9-7-15(8-10-16)11-17-12-18(23-25-27-28-26-23)13-20-19-5-3-4-6-21(19)24-22(17)20/h3-10,12-14,24H,11H2,1-2H3,(H,25,26,27,28). The van der Waals surface area contributed by atoms with Gasteiger partial charge in [0.05, 0.1) is 5.52 Å². The van der Waals surface area contributed by atoms with Crippen LogP contribution in [0.25, 0.3) is 33.2 Å². The monoisotopic (exact) mass is 367 g/mol. The summed E-state index contributed by atoms with van der Waals surface area (Å²) in [5, 5.41) is 17.0. The molecule has 0 bridgehead atoms. The van der Waals surface area contributed by atoms with Crippen molar-refractivity contribution in [3.05, 3.63) is 77.4 Å². The molecule has 0 spiro atoms. The highest BCUT2D eigenvalue weighted by Crippen LogP contribution is 2.32. The molecular weight excluding hydrogens is 346 g/mol. The lowest BCUT2D eigenvalue weighted by Crippen LogP contribution is -1.94. The fourth-order valence-corrected chi connectivity index (χ4v) is 3.82. The number of nitrogens with one attached hydrogen (secondary N) is 2. The fraction of sp³-hybridized carbons (Fsp3) is 0.174. The molecule has 28 heavy (non-hydrogen) atoms. The van der Waals surface area contributed by atoms with Crippen LogP contribution >= 0.6 is 0 Å². The summed E-state index contributed by atoms with van der Waals surface area (Å²) in [4.78, 5) is 3.60. The number of benzene rings is 3. The summed E-state index contributed by atoms with van der Waals surface area (Å²) in [7, 11) is 0. The largest absolute Gasteiger partial charge is 0.354 e. The number of nitrogens with zero attached hydrogens (tertiary/aromatic N) is 3. The molecule has 0 saturated carbocycles. The number of rotatable bonds is 4. The Balaban J connectivity index is 1.67. The first-order valence-corrected chi connectivity index (χ1v) is 9.55. The second-order valence-electron chi connectivity index (χ2n) is 7.54. The lowest BCUT2D eigenvalue weighted by molar-refractivity contribution is 0.865. The maximum absolute atomic E-state index is 4.18. The van der Waals surface area contributed by atoms with E-state index in [2.05, 4.69) is 100 Å². The average molecular weight is 367 g/mol. The maximum atomic E-state index is 4.18. The number of para-hydroxylation sites is 1. The van der Waals surface area contributed by atoms with Crippen molar-refractivity contribution in [3.8, 4) is 11.4 Å². The van der Waals surface area contributed by atoms with Crippen LogP contribution in [-0.2, 0) is 6.42 Å². The smallest absolute Gasteiger partial charge is 0.204 e. The van der Waals surface area contributed by atoms with Crippen molar-refractivity contribution >= 4 is 21.8 Å². The molecule has 5 nitrogen and oxygen atoms in total. The van der Waals surface area contributed by atoms with E-state index in [-0.39, 0.29) is 0 Å². The Labute approximate surface area is 162 Å². The van der Waals surface area contributed by atoms with Crippen LogP contribution in [0.1, 0.15) is 36.5 Å². The van der Waals surface area contributed by atoms with E-state index in [1.54, 1.807) is 0 Å². The van der Waals surface area contributed by atoms with Gasteiger partial charge in [-0.25, -0.2) is 0 Å². The van der Waals surface area contributed by atoms with Crippen molar-refractivity contribution in [1.82, 2.24) is 25.6 Å². The lowest BCUT2D eigenvalue weighted by atomic mass is 9.96. The molecule has 0 aliphatic heterocycles. The number of fused-ring (bicyclic) bond motifs is 3. The zero-order chi connectivity index (χ0) is 19.1. The molecule has 2 N–H and O–H groups in total. The molecule has 0 atom stereocenters. The fourth-order valence-electron chi connectivity index (χ4n) is 3.82. The van der Waals surface area contributed by atoms with Crippen LogP contribution < -0.4 is 0 Å². The molecule has 0 fully saturated rings. The summed E-state index contributed by atoms with van der Waals surface area (Å²) in [5.74, 6) is 1.15. The zero-order valence-corrected chi connectivity index (χ0v) is 15.9. The second-order valence-corrected chi connectivity index (χ2v) is 7.54. The SMILES string of the molecule is CC(C)c1ccc(Cc2cc(-c3nn[nH]n3)cc3c2[nH]c2ccccc23)cc1. The third-order valence-electron chi connectivity index (χ3n) is 5.34. The van der Waals surface area contributed by atoms with E-state index in [0.29, 0.717) is 11.7 Å². The van der Waals surface area contributed by atoms with Crippen molar-refractivity contribution in [2.24, 2.45) is 0 Å². The summed E-state index contributed by atoms with van der Waals surface area (Å²) in [6, 6.07) is 21.6. The summed E-state index contributed by atoms with van der Waals surface area (Å²) in [6.45, 7) is 4.44. The van der Waals surface area contributed by atoms with E-state index >= 15 is 0 Å². The van der Waals surface area contributed by atoms with Gasteiger partial charge in [0.1, 0.15) is 0 Å². The maximum Gasteiger partial charge on any atom is 0.204 e. The predicted octanol–water partition coefficient (Wildman–Crippen LogP) is 5.22. The first-order valence-electron chi connectivity index (χ1n) is 9.55. The van der Waals surface area contributed by atoms with Gasteiger partial charge >= 0.3 is 0 Å². The van der Waals surface area contributed by atoms with Gasteiger partial charge in [-0.15, -0.1) is 10.2 Å². The molecule has 5 heteroatoms. The van der Waals surface area contributed by atoms with Crippen molar-refractivity contribution in [1.29, 1.82) is 0 Å². The van der Waals surface area contributed by atoms with Gasteiger partial charge in [-0.2, -0.15) is 5.21 Å². The van der Waals surface area contributed by atoms with E-state index in [9.17, 15) is 0 Å². The minimum atomic E-state index is 0.538. The quantitative estimate of drug-likeness (QED) is 0.458. The van der Waals surface area contributed by atoms with Crippen molar-refractivity contribution in [3.63, 3.8) is 0 Å². The molecule has 2 aromatic heterocycles. The molecule has 0 saturated heterocycles. The summed E-state index contributed by atoms with van der Waals surface area (Å²) in [5.41, 5.74) is 7.15. The van der Waals surface area contributed by atoms with Gasteiger partial charge in [0, 0.05) is 21.9 Å². The lowest BCUT2D eigenvalue weighted by Gasteiger charge is -2.09. The highest BCUT2D eigenvalue weighted by molar-refractivity contribution is 6.09. The Morgan fingerprint density at radius 1 is 0.929 bits per heavy atom. The van der Waals surface area contributed by atoms with E-state index in [1.165, 1.54) is 33.0 Å². The highest BCUT2D eigenvalue weighted by atomic mass is 15.5. The zero-order valence-electron chi connectivity index (χ0n) is 15.9. The Hall–Kier alpha value is -3.47. The highest BCUT2D eigenvalue weighted by Gasteiger charge is 2.14. The third-order valence-corrected chi connectivity index (χ3v) is 5.34. The Bertz CT molecular complexity index is 1250. The minimum absolute atomic E-state index is 0.538. The van der Waals surface area contributed by atoms with Gasteiger partial charge in [0.25, 0.3) is 0 Å². The minimum Gasteiger partial charge on any atom is -0.354 e. The molecule has 0 aliphatic carbocycles. The van der Waals surface area contributed by atoms with Crippen LogP contribution in [0.15, 0.2) is 60.7 Å². The van der Waals surface area contributed by atoms with E-state index in [4.69, 9.17) is 0 Å². The van der Waals surface area contributed by atoms with Crippen LogP contribution in [-0.4, -0.2) is 25.6 Å². The number of H-pyrrole nitrogens is 2. The molecule has 0 radical (unpaired) electrons. The van der Waals surface area contributed by atoms with Crippen molar-refractivity contribution < 1.29 is 0 Å². The summed E-state index contributed by atoms with van der Waals surface area (Å²) < 4.78 is 0. The van der Waals surface area contributed by atoms with Gasteiger partial charge in [-0.05, 0) is 52.4 Å². The normalized spacial score (nSPS) is 11.7. The number of hydrogen-bond acceptors (Lipinski definition) is 3. The number of tetrazole rings is 1. The van der Waals surface area contributed by atoms with Crippen LogP contribution in [0.2, 0.25) is 0 Å². The molecule has 138 valence electrons. The molecule has 0 aliphatic rings. The summed E-state index contributed by atoms with van der Waals surface area (Å²) in [6.07, 6.45) is 0.841. The second kappa shape index (κ2) is 6.60. The van der Waals surface area contributed by atoms with Crippen molar-refractivity contribution in [2.75, 3.05) is 0 Å². The number of hydrogen-bond donors (Lipinski definition) is 2. The van der Waals surface area contributed by atoms with E-state index < -0.39 is 0 Å². The average Bonchev–Trinajstić information content (AvgIpc) is 3.36. The molecule has 0 amide bonds. The predicted molar refractivity (Wildman–Crippen MR) is 112 cm³/mol. The van der Waals surface area contributed by atoms with E-state index in [0.717, 1.165) is 17.5 Å². The third kappa shape index (κ3) is 2.85. The summed E-state index contributed by atoms with van der Waals surface area (Å²) >= 11 is 0. The molecule has 5 rings (SSSR count). The van der Waals surface area contributed by atoms with Crippen LogP contribution in [0.4, 0.5) is 0 Å². The Kier molecular flexibility index (Phi) is 3.93. The molecule has 3 aromatic carbocycles. The molecule has 0 unspecified atom stereocenters. The number of aromatic amines is 2. The van der Waals surface area contributed by atoms with Crippen LogP contribution in [0.5, 0.6) is 0 Å². The van der Waals surface area contributed by atoms with Gasteiger partial charge < -0.3 is 4.98 Å². The Morgan fingerprint density at radius 3 is 2.50 bits per heavy atom. The van der Waals surface area contributed by atoms with Crippen molar-refractivity contribution in [2.45, 2.75) is 26.2 Å². The van der Waals surface area contributed by atoms with E-state index in [1.807, 2.05) is 0 Å². The first kappa shape index (κ1) is 16.7. The Morgan fingerprint density at radius 2 is 1.75 bits per heavy atom. The molecule has 2 heterocycles. The number of aromatic nitrogens is 5. The van der Waals surface area contributed by atoms with Gasteiger partial charge in [0.15, 0.2) is 0 Å². The van der Waals surface area contributed by atoms with Gasteiger partial charge in [0.2, 0.25) is 5.82 Å². The van der Waals surface area contributed by atoms with Crippen LogP contribution in [0, 0.1) is 0 Å². The van der Waals surface area contributed by atoms with Crippen LogP contribution in [0.3, 0.4) is 0 Å².